The molecule has 13 heavy (non-hydrogen) atoms. The summed E-state index contributed by atoms with van der Waals surface area (Å²) in [6.07, 6.45) is 1.63. The van der Waals surface area contributed by atoms with E-state index in [9.17, 15) is 4.79 Å². The molecule has 0 aliphatic carbocycles. The Morgan fingerprint density at radius 1 is 1.69 bits per heavy atom. The zero-order valence-corrected chi connectivity index (χ0v) is 7.79. The van der Waals surface area contributed by atoms with Gasteiger partial charge in [0.1, 0.15) is 0 Å². The zero-order valence-electron chi connectivity index (χ0n) is 7.79. The minimum absolute atomic E-state index is 0.222. The fraction of sp³-hybridized carbons (Fsp3) is 0.333. The van der Waals surface area contributed by atoms with Gasteiger partial charge in [0.15, 0.2) is 5.69 Å². The number of amides is 1. The van der Waals surface area contributed by atoms with Crippen molar-refractivity contribution in [1.29, 1.82) is 0 Å². The molecule has 0 saturated heterocycles. The van der Waals surface area contributed by atoms with Crippen LogP contribution in [0, 0.1) is 6.92 Å². The van der Waals surface area contributed by atoms with E-state index in [0.717, 1.165) is 5.56 Å². The number of aryl methyl sites for hydroxylation is 1. The number of anilines is 1. The predicted molar refractivity (Wildman–Crippen MR) is 51.4 cm³/mol. The van der Waals surface area contributed by atoms with Crippen molar-refractivity contribution in [3.05, 3.63) is 23.5 Å². The molecule has 0 saturated carbocycles. The maximum Gasteiger partial charge on any atom is 0.272 e. The zero-order chi connectivity index (χ0) is 9.84. The van der Waals surface area contributed by atoms with Gasteiger partial charge in [0.2, 0.25) is 0 Å². The highest BCUT2D eigenvalue weighted by Gasteiger charge is 2.09. The van der Waals surface area contributed by atoms with Gasteiger partial charge < -0.3 is 11.1 Å². The molecule has 0 fully saturated rings. The summed E-state index contributed by atoms with van der Waals surface area (Å²) in [5, 5.41) is 2.64. The lowest BCUT2D eigenvalue weighted by Crippen LogP contribution is -2.24. The van der Waals surface area contributed by atoms with Crippen LogP contribution in [0.25, 0.3) is 0 Å². The van der Waals surface area contributed by atoms with E-state index < -0.39 is 0 Å². The van der Waals surface area contributed by atoms with Crippen molar-refractivity contribution in [3.63, 3.8) is 0 Å². The SMILES string of the molecule is CCNC(=O)c1ncc(C)cc1N. The number of nitrogens with one attached hydrogen (secondary N) is 1. The molecule has 4 heteroatoms. The molecule has 0 bridgehead atoms. The van der Waals surface area contributed by atoms with Gasteiger partial charge in [-0.15, -0.1) is 0 Å². The first-order chi connectivity index (χ1) is 6.15. The number of pyridine rings is 1. The van der Waals surface area contributed by atoms with Gasteiger partial charge in [-0.1, -0.05) is 0 Å². The minimum atomic E-state index is -0.222. The minimum Gasteiger partial charge on any atom is -0.397 e. The molecule has 0 atom stereocenters. The Kier molecular flexibility index (Phi) is 2.84. The van der Waals surface area contributed by atoms with E-state index in [2.05, 4.69) is 10.3 Å². The highest BCUT2D eigenvalue weighted by atomic mass is 16.1. The quantitative estimate of drug-likeness (QED) is 0.703. The van der Waals surface area contributed by atoms with Crippen LogP contribution in [0.2, 0.25) is 0 Å². The number of carbonyl (C=O) groups excluding carboxylic acids is 1. The van der Waals surface area contributed by atoms with Crippen molar-refractivity contribution in [1.82, 2.24) is 10.3 Å². The van der Waals surface area contributed by atoms with Gasteiger partial charge in [0.25, 0.3) is 5.91 Å². The van der Waals surface area contributed by atoms with Gasteiger partial charge in [0.05, 0.1) is 5.69 Å². The Hall–Kier alpha value is -1.58. The van der Waals surface area contributed by atoms with Gasteiger partial charge in [-0.25, -0.2) is 4.98 Å². The van der Waals surface area contributed by atoms with Crippen LogP contribution in [-0.2, 0) is 0 Å². The third kappa shape index (κ3) is 2.18. The number of hydrogen-bond acceptors (Lipinski definition) is 3. The average molecular weight is 179 g/mol. The fourth-order valence-electron chi connectivity index (χ4n) is 1.03. The van der Waals surface area contributed by atoms with Gasteiger partial charge >= 0.3 is 0 Å². The topological polar surface area (TPSA) is 68.0 Å². The first-order valence-electron chi connectivity index (χ1n) is 4.15. The van der Waals surface area contributed by atoms with Gasteiger partial charge in [0, 0.05) is 12.7 Å². The van der Waals surface area contributed by atoms with Crippen LogP contribution in [0.15, 0.2) is 12.3 Å². The Labute approximate surface area is 77.2 Å². The van der Waals surface area contributed by atoms with Crippen LogP contribution in [-0.4, -0.2) is 17.4 Å². The molecule has 1 rings (SSSR count). The lowest BCUT2D eigenvalue weighted by molar-refractivity contribution is 0.0952. The van der Waals surface area contributed by atoms with E-state index in [1.165, 1.54) is 0 Å². The highest BCUT2D eigenvalue weighted by molar-refractivity contribution is 5.97. The smallest absolute Gasteiger partial charge is 0.272 e. The van der Waals surface area contributed by atoms with Crippen LogP contribution >= 0.6 is 0 Å². The number of aromatic nitrogens is 1. The Bertz CT molecular complexity index is 323. The Morgan fingerprint density at radius 3 is 2.92 bits per heavy atom. The number of carbonyl (C=O) groups is 1. The molecule has 1 aromatic heterocycles. The molecule has 70 valence electrons. The molecule has 0 aliphatic rings. The summed E-state index contributed by atoms with van der Waals surface area (Å²) in [5.41, 5.74) is 7.30. The van der Waals surface area contributed by atoms with Crippen LogP contribution in [0.5, 0.6) is 0 Å². The van der Waals surface area contributed by atoms with Crippen molar-refractivity contribution in [3.8, 4) is 0 Å². The molecule has 0 unspecified atom stereocenters. The number of nitrogens with zero attached hydrogens (tertiary/aromatic N) is 1. The average Bonchev–Trinajstić information content (AvgIpc) is 2.04. The molecule has 1 amide bonds. The standard InChI is InChI=1S/C9H13N3O/c1-3-11-9(13)8-7(10)4-6(2)5-12-8/h4-5H,3,10H2,1-2H3,(H,11,13). The van der Waals surface area contributed by atoms with Crippen LogP contribution in [0.1, 0.15) is 23.0 Å². The first-order valence-corrected chi connectivity index (χ1v) is 4.15. The summed E-state index contributed by atoms with van der Waals surface area (Å²) >= 11 is 0. The largest absolute Gasteiger partial charge is 0.397 e. The molecule has 3 N–H and O–H groups in total. The van der Waals surface area contributed by atoms with Crippen LogP contribution in [0.4, 0.5) is 5.69 Å². The van der Waals surface area contributed by atoms with Crippen molar-refractivity contribution < 1.29 is 4.79 Å². The maximum absolute atomic E-state index is 11.3. The first kappa shape index (κ1) is 9.51. The van der Waals surface area contributed by atoms with E-state index in [-0.39, 0.29) is 5.91 Å². The number of nitrogens with two attached hydrogens (primary N) is 1. The molecule has 0 spiro atoms. The van der Waals surface area contributed by atoms with Crippen LogP contribution < -0.4 is 11.1 Å². The van der Waals surface area contributed by atoms with Gasteiger partial charge in [-0.05, 0) is 25.5 Å². The maximum atomic E-state index is 11.3. The number of rotatable bonds is 2. The van der Waals surface area contributed by atoms with Crippen molar-refractivity contribution in [2.45, 2.75) is 13.8 Å². The summed E-state index contributed by atoms with van der Waals surface area (Å²) in [6.45, 7) is 4.31. The molecule has 0 aliphatic heterocycles. The molecule has 1 aromatic rings. The summed E-state index contributed by atoms with van der Waals surface area (Å²) in [7, 11) is 0. The van der Waals surface area contributed by atoms with Gasteiger partial charge in [-0.2, -0.15) is 0 Å². The number of nitrogen functional groups attached to an aromatic ring is 1. The number of hydrogen-bond donors (Lipinski definition) is 2. The van der Waals surface area contributed by atoms with E-state index >= 15 is 0 Å². The summed E-state index contributed by atoms with van der Waals surface area (Å²) in [4.78, 5) is 15.3. The monoisotopic (exact) mass is 179 g/mol. The van der Waals surface area contributed by atoms with Crippen molar-refractivity contribution >= 4 is 11.6 Å². The second kappa shape index (κ2) is 3.89. The van der Waals surface area contributed by atoms with E-state index in [0.29, 0.717) is 17.9 Å². The van der Waals surface area contributed by atoms with E-state index in [4.69, 9.17) is 5.73 Å². The molecular formula is C9H13N3O. The lowest BCUT2D eigenvalue weighted by Gasteiger charge is -2.04. The van der Waals surface area contributed by atoms with Gasteiger partial charge in [-0.3, -0.25) is 4.79 Å². The third-order valence-electron chi connectivity index (χ3n) is 1.61. The Morgan fingerprint density at radius 2 is 2.38 bits per heavy atom. The predicted octanol–water partition coefficient (Wildman–Crippen LogP) is 0.722. The van der Waals surface area contributed by atoms with E-state index in [1.54, 1.807) is 12.3 Å². The van der Waals surface area contributed by atoms with E-state index in [1.807, 2.05) is 13.8 Å². The van der Waals surface area contributed by atoms with Crippen LogP contribution in [0.3, 0.4) is 0 Å². The molecule has 4 nitrogen and oxygen atoms in total. The summed E-state index contributed by atoms with van der Waals surface area (Å²) in [5.74, 6) is -0.222. The normalized spacial score (nSPS) is 9.69. The molecular weight excluding hydrogens is 166 g/mol. The molecule has 1 heterocycles. The molecule has 0 aromatic carbocycles. The molecule has 0 radical (unpaired) electrons. The lowest BCUT2D eigenvalue weighted by atomic mass is 10.2. The fourth-order valence-corrected chi connectivity index (χ4v) is 1.03. The summed E-state index contributed by atoms with van der Waals surface area (Å²) in [6, 6.07) is 1.73. The summed E-state index contributed by atoms with van der Waals surface area (Å²) < 4.78 is 0. The second-order valence-corrected chi connectivity index (χ2v) is 2.81. The highest BCUT2D eigenvalue weighted by Crippen LogP contribution is 2.09. The Balaban J connectivity index is 2.95. The van der Waals surface area contributed by atoms with Crippen molar-refractivity contribution in [2.24, 2.45) is 0 Å². The second-order valence-electron chi connectivity index (χ2n) is 2.81. The van der Waals surface area contributed by atoms with Crippen molar-refractivity contribution in [2.75, 3.05) is 12.3 Å². The third-order valence-corrected chi connectivity index (χ3v) is 1.61.